The molecule has 2 aromatic carbocycles. The van der Waals surface area contributed by atoms with Gasteiger partial charge in [0.2, 0.25) is 5.91 Å². The van der Waals surface area contributed by atoms with E-state index in [-0.39, 0.29) is 5.91 Å². The zero-order valence-corrected chi connectivity index (χ0v) is 16.4. The van der Waals surface area contributed by atoms with Crippen molar-refractivity contribution >= 4 is 39.1 Å². The summed E-state index contributed by atoms with van der Waals surface area (Å²) in [6.45, 7) is 0.600. The number of ether oxygens (including phenoxy) is 1. The number of hydrogen-bond donors (Lipinski definition) is 2. The molecular weight excluding hydrogens is 384 g/mol. The highest BCUT2D eigenvalue weighted by Gasteiger charge is 2.10. The topological polar surface area (TPSA) is 71.5 Å². The van der Waals surface area contributed by atoms with Gasteiger partial charge in [0.15, 0.2) is 0 Å². The third-order valence-corrected chi connectivity index (χ3v) is 5.54. The summed E-state index contributed by atoms with van der Waals surface area (Å²) in [4.78, 5) is 15.5. The van der Waals surface area contributed by atoms with E-state index in [1.54, 1.807) is 16.8 Å². The van der Waals surface area contributed by atoms with E-state index >= 15 is 0 Å². The first-order valence-electron chi connectivity index (χ1n) is 8.88. The van der Waals surface area contributed by atoms with Crippen molar-refractivity contribution in [2.24, 2.45) is 0 Å². The quantitative estimate of drug-likeness (QED) is 0.282. The number of carbonyl (C=O) groups is 1. The minimum Gasteiger partial charge on any atom is -0.494 e. The monoisotopic (exact) mass is 404 g/mol. The molecule has 0 aliphatic carbocycles. The number of nitrogens with one attached hydrogen (secondary N) is 1. The fourth-order valence-electron chi connectivity index (χ4n) is 2.73. The number of para-hydroxylation sites is 1. The van der Waals surface area contributed by atoms with Crippen LogP contribution in [0, 0.1) is 0 Å². The van der Waals surface area contributed by atoms with Crippen molar-refractivity contribution in [1.29, 1.82) is 0 Å². The van der Waals surface area contributed by atoms with Gasteiger partial charge in [-0.15, -0.1) is 11.3 Å². The number of unbranched alkanes of at least 4 members (excludes halogenated alkanes) is 3. The smallest absolute Gasteiger partial charge is 0.243 e. The molecule has 0 radical (unpaired) electrons. The highest BCUT2D eigenvalue weighted by molar-refractivity contribution is 7.21. The molecule has 142 valence electrons. The molecule has 0 bridgehead atoms. The zero-order valence-electron chi connectivity index (χ0n) is 14.8. The van der Waals surface area contributed by atoms with E-state index in [4.69, 9.17) is 21.5 Å². The Kier molecular flexibility index (Phi) is 7.04. The number of amides is 1. The SMILES string of the molecule is O=C(CCCCCCOc1ccc(-c2nc3ccccc3s2)c(Cl)c1)NO. The number of rotatable bonds is 9. The average Bonchev–Trinajstić information content (AvgIpc) is 3.10. The van der Waals surface area contributed by atoms with E-state index in [0.29, 0.717) is 18.1 Å². The molecule has 7 heteroatoms. The van der Waals surface area contributed by atoms with Crippen molar-refractivity contribution in [3.05, 3.63) is 47.5 Å². The van der Waals surface area contributed by atoms with Crippen LogP contribution in [0.1, 0.15) is 32.1 Å². The highest BCUT2D eigenvalue weighted by Crippen LogP contribution is 2.36. The molecule has 27 heavy (non-hydrogen) atoms. The van der Waals surface area contributed by atoms with Crippen LogP contribution in [0.3, 0.4) is 0 Å². The first-order chi connectivity index (χ1) is 13.2. The zero-order chi connectivity index (χ0) is 19.1. The number of thiazole rings is 1. The molecule has 2 N–H and O–H groups in total. The molecule has 0 saturated carbocycles. The van der Waals surface area contributed by atoms with E-state index in [9.17, 15) is 4.79 Å². The number of fused-ring (bicyclic) bond motifs is 1. The predicted molar refractivity (Wildman–Crippen MR) is 109 cm³/mol. The molecular formula is C20H21ClN2O3S. The number of halogens is 1. The fraction of sp³-hybridized carbons (Fsp3) is 0.300. The first kappa shape index (κ1) is 19.6. The number of carbonyl (C=O) groups excluding carboxylic acids is 1. The van der Waals surface area contributed by atoms with Crippen LogP contribution in [-0.2, 0) is 4.79 Å². The van der Waals surface area contributed by atoms with Crippen LogP contribution < -0.4 is 10.2 Å². The lowest BCUT2D eigenvalue weighted by molar-refractivity contribution is -0.129. The molecule has 1 aromatic heterocycles. The molecule has 0 aliphatic heterocycles. The second kappa shape index (κ2) is 9.69. The maximum Gasteiger partial charge on any atom is 0.243 e. The summed E-state index contributed by atoms with van der Waals surface area (Å²) in [5.41, 5.74) is 3.52. The van der Waals surface area contributed by atoms with Gasteiger partial charge in [-0.3, -0.25) is 10.0 Å². The van der Waals surface area contributed by atoms with Gasteiger partial charge in [0.05, 0.1) is 21.8 Å². The summed E-state index contributed by atoms with van der Waals surface area (Å²) >= 11 is 8.07. The summed E-state index contributed by atoms with van der Waals surface area (Å²) < 4.78 is 6.90. The maximum atomic E-state index is 10.9. The molecule has 1 amide bonds. The van der Waals surface area contributed by atoms with Crippen LogP contribution in [0.15, 0.2) is 42.5 Å². The van der Waals surface area contributed by atoms with E-state index < -0.39 is 0 Å². The van der Waals surface area contributed by atoms with Crippen LogP contribution in [0.5, 0.6) is 5.75 Å². The van der Waals surface area contributed by atoms with Gasteiger partial charge in [-0.2, -0.15) is 0 Å². The molecule has 0 saturated heterocycles. The van der Waals surface area contributed by atoms with E-state index in [1.165, 1.54) is 0 Å². The largest absolute Gasteiger partial charge is 0.494 e. The third kappa shape index (κ3) is 5.42. The molecule has 0 unspecified atom stereocenters. The number of aromatic nitrogens is 1. The lowest BCUT2D eigenvalue weighted by atomic mass is 10.1. The van der Waals surface area contributed by atoms with Gasteiger partial charge < -0.3 is 4.74 Å². The molecule has 3 rings (SSSR count). The lowest BCUT2D eigenvalue weighted by Crippen LogP contribution is -2.17. The summed E-state index contributed by atoms with van der Waals surface area (Å²) in [7, 11) is 0. The predicted octanol–water partition coefficient (Wildman–Crippen LogP) is 5.45. The van der Waals surface area contributed by atoms with Gasteiger partial charge in [0.25, 0.3) is 0 Å². The molecule has 5 nitrogen and oxygen atoms in total. The van der Waals surface area contributed by atoms with Crippen molar-refractivity contribution in [1.82, 2.24) is 10.5 Å². The maximum absolute atomic E-state index is 10.9. The Balaban J connectivity index is 1.49. The van der Waals surface area contributed by atoms with Gasteiger partial charge >= 0.3 is 0 Å². The van der Waals surface area contributed by atoms with Gasteiger partial charge in [-0.25, -0.2) is 10.5 Å². The van der Waals surface area contributed by atoms with E-state index in [0.717, 1.165) is 52.2 Å². The van der Waals surface area contributed by atoms with Gasteiger partial charge in [-0.05, 0) is 43.2 Å². The van der Waals surface area contributed by atoms with E-state index in [2.05, 4.69) is 11.1 Å². The molecule has 1 heterocycles. The van der Waals surface area contributed by atoms with Crippen molar-refractivity contribution in [2.75, 3.05) is 6.61 Å². The third-order valence-electron chi connectivity index (χ3n) is 4.16. The van der Waals surface area contributed by atoms with Crippen LogP contribution in [0.25, 0.3) is 20.8 Å². The number of benzene rings is 2. The summed E-state index contributed by atoms with van der Waals surface area (Å²) in [5.74, 6) is 0.402. The van der Waals surface area contributed by atoms with Crippen molar-refractivity contribution < 1.29 is 14.7 Å². The normalized spacial score (nSPS) is 10.9. The second-order valence-corrected chi connectivity index (χ2v) is 7.61. The Morgan fingerprint density at radius 3 is 2.74 bits per heavy atom. The Labute approximate surface area is 166 Å². The fourth-order valence-corrected chi connectivity index (χ4v) is 4.05. The van der Waals surface area contributed by atoms with Crippen LogP contribution in [0.2, 0.25) is 5.02 Å². The second-order valence-electron chi connectivity index (χ2n) is 6.18. The Bertz CT molecular complexity index is 880. The van der Waals surface area contributed by atoms with Crippen LogP contribution >= 0.6 is 22.9 Å². The van der Waals surface area contributed by atoms with Crippen molar-refractivity contribution in [3.63, 3.8) is 0 Å². The number of hydrogen-bond acceptors (Lipinski definition) is 5. The molecule has 0 aliphatic rings. The molecule has 3 aromatic rings. The Hall–Kier alpha value is -2.15. The lowest BCUT2D eigenvalue weighted by Gasteiger charge is -2.08. The van der Waals surface area contributed by atoms with E-state index in [1.807, 2.05) is 36.4 Å². The van der Waals surface area contributed by atoms with Gasteiger partial charge in [-0.1, -0.05) is 36.6 Å². The van der Waals surface area contributed by atoms with Crippen molar-refractivity contribution in [3.8, 4) is 16.3 Å². The standard InChI is InChI=1S/C20H21ClN2O3S/c21-16-13-14(26-12-6-2-1-3-9-19(24)23-25)10-11-15(16)20-22-17-7-4-5-8-18(17)27-20/h4-5,7-8,10-11,13,25H,1-3,6,9,12H2,(H,23,24). The summed E-state index contributed by atoms with van der Waals surface area (Å²) in [6.07, 6.45) is 3.90. The average molecular weight is 405 g/mol. The van der Waals surface area contributed by atoms with Crippen LogP contribution in [-0.4, -0.2) is 22.7 Å². The minimum atomic E-state index is -0.339. The van der Waals surface area contributed by atoms with Gasteiger partial charge in [0, 0.05) is 12.0 Å². The van der Waals surface area contributed by atoms with Crippen molar-refractivity contribution in [2.45, 2.75) is 32.1 Å². The summed E-state index contributed by atoms with van der Waals surface area (Å²) in [6, 6.07) is 13.7. The first-order valence-corrected chi connectivity index (χ1v) is 10.1. The summed E-state index contributed by atoms with van der Waals surface area (Å²) in [5, 5.41) is 9.95. The minimum absolute atomic E-state index is 0.339. The number of nitrogens with zero attached hydrogens (tertiary/aromatic N) is 1. The molecule has 0 fully saturated rings. The highest BCUT2D eigenvalue weighted by atomic mass is 35.5. The number of hydroxylamine groups is 1. The van der Waals surface area contributed by atoms with Gasteiger partial charge in [0.1, 0.15) is 10.8 Å². The Morgan fingerprint density at radius 1 is 1.15 bits per heavy atom. The van der Waals surface area contributed by atoms with Crippen LogP contribution in [0.4, 0.5) is 0 Å². The Morgan fingerprint density at radius 2 is 1.96 bits per heavy atom. The molecule has 0 spiro atoms. The molecule has 0 atom stereocenters.